The lowest BCUT2D eigenvalue weighted by atomic mass is 10.2. The smallest absolute Gasteiger partial charge is 0.346 e. The maximum atomic E-state index is 11.7. The number of alkyl halides is 1. The van der Waals surface area contributed by atoms with Crippen molar-refractivity contribution in [2.24, 2.45) is 0 Å². The summed E-state index contributed by atoms with van der Waals surface area (Å²) < 4.78 is 9.90. The highest BCUT2D eigenvalue weighted by Gasteiger charge is 2.15. The molecular formula is C11H9Cl2NO3. The molecule has 90 valence electrons. The van der Waals surface area contributed by atoms with Gasteiger partial charge in [0.15, 0.2) is 0 Å². The summed E-state index contributed by atoms with van der Waals surface area (Å²) in [5.74, 6) is 0.133. The van der Waals surface area contributed by atoms with Crippen LogP contribution in [-0.4, -0.2) is 18.7 Å². The average Bonchev–Trinajstić information content (AvgIpc) is 2.28. The minimum absolute atomic E-state index is 0.133. The molecule has 1 aromatic heterocycles. The second kappa shape index (κ2) is 5.04. The first-order valence-corrected chi connectivity index (χ1v) is 5.66. The summed E-state index contributed by atoms with van der Waals surface area (Å²) in [4.78, 5) is 15.8. The molecule has 4 nitrogen and oxygen atoms in total. The second-order valence-corrected chi connectivity index (χ2v) is 4.39. The van der Waals surface area contributed by atoms with Gasteiger partial charge in [0.2, 0.25) is 5.89 Å². The molecule has 0 saturated carbocycles. The Labute approximate surface area is 107 Å². The largest absolute Gasteiger partial charge is 0.406 e. The van der Waals surface area contributed by atoms with Crippen LogP contribution in [0.25, 0.3) is 10.9 Å². The van der Waals surface area contributed by atoms with E-state index in [9.17, 15) is 4.79 Å². The Morgan fingerprint density at radius 3 is 3.00 bits per heavy atom. The Morgan fingerprint density at radius 1 is 1.53 bits per heavy atom. The third kappa shape index (κ3) is 2.60. The van der Waals surface area contributed by atoms with E-state index in [1.165, 1.54) is 7.11 Å². The van der Waals surface area contributed by atoms with Crippen molar-refractivity contribution in [3.05, 3.63) is 39.5 Å². The number of benzene rings is 1. The van der Waals surface area contributed by atoms with E-state index < -0.39 is 11.0 Å². The third-order valence-corrected chi connectivity index (χ3v) is 2.74. The molecule has 0 aliphatic heterocycles. The number of hydrogen-bond donors (Lipinski definition) is 0. The van der Waals surface area contributed by atoms with Crippen molar-refractivity contribution in [3.63, 3.8) is 0 Å². The molecule has 2 aromatic rings. The summed E-state index contributed by atoms with van der Waals surface area (Å²) in [6.45, 7) is 0.212. The highest BCUT2D eigenvalue weighted by atomic mass is 35.5. The fourth-order valence-corrected chi connectivity index (χ4v) is 1.80. The first-order valence-electron chi connectivity index (χ1n) is 4.85. The molecule has 6 heteroatoms. The van der Waals surface area contributed by atoms with Crippen molar-refractivity contribution < 1.29 is 9.15 Å². The first kappa shape index (κ1) is 12.4. The lowest BCUT2D eigenvalue weighted by Crippen LogP contribution is -2.09. The predicted octanol–water partition coefficient (Wildman–Crippen LogP) is 2.77. The van der Waals surface area contributed by atoms with Gasteiger partial charge in [-0.2, -0.15) is 0 Å². The van der Waals surface area contributed by atoms with E-state index in [4.69, 9.17) is 32.4 Å². The molecule has 17 heavy (non-hydrogen) atoms. The van der Waals surface area contributed by atoms with Crippen LogP contribution in [0.5, 0.6) is 0 Å². The molecule has 1 unspecified atom stereocenters. The number of aromatic nitrogens is 1. The summed E-state index contributed by atoms with van der Waals surface area (Å²) in [6.07, 6.45) is 0. The van der Waals surface area contributed by atoms with Gasteiger partial charge in [-0.05, 0) is 18.2 Å². The Bertz CT molecular complexity index is 597. The van der Waals surface area contributed by atoms with Gasteiger partial charge in [0.05, 0.1) is 17.5 Å². The topological polar surface area (TPSA) is 52.3 Å². The minimum atomic E-state index is -0.601. The Morgan fingerprint density at radius 2 is 2.29 bits per heavy atom. The molecule has 0 bridgehead atoms. The molecule has 0 saturated heterocycles. The third-order valence-electron chi connectivity index (χ3n) is 2.19. The SMILES string of the molecule is COCC(Cl)c1nc2cc(Cl)ccc2c(=O)o1. The van der Waals surface area contributed by atoms with Gasteiger partial charge in [-0.15, -0.1) is 11.6 Å². The van der Waals surface area contributed by atoms with Gasteiger partial charge in [0.25, 0.3) is 0 Å². The Hall–Kier alpha value is -1.10. The van der Waals surface area contributed by atoms with Crippen molar-refractivity contribution in [2.45, 2.75) is 5.38 Å². The standard InChI is InChI=1S/C11H9Cl2NO3/c1-16-5-8(13)10-14-9-4-6(12)2-3-7(9)11(15)17-10/h2-4,8H,5H2,1H3. The highest BCUT2D eigenvalue weighted by Crippen LogP contribution is 2.21. The molecular weight excluding hydrogens is 265 g/mol. The Balaban J connectivity index is 2.57. The van der Waals surface area contributed by atoms with Gasteiger partial charge in [-0.3, -0.25) is 0 Å². The lowest BCUT2D eigenvalue weighted by Gasteiger charge is -2.06. The summed E-state index contributed by atoms with van der Waals surface area (Å²) >= 11 is 11.8. The van der Waals surface area contributed by atoms with E-state index in [2.05, 4.69) is 4.98 Å². The summed E-state index contributed by atoms with van der Waals surface area (Å²) in [5, 5.41) is 0.273. The van der Waals surface area contributed by atoms with Crippen LogP contribution in [-0.2, 0) is 4.74 Å². The highest BCUT2D eigenvalue weighted by molar-refractivity contribution is 6.31. The Kier molecular flexibility index (Phi) is 3.66. The molecule has 0 spiro atoms. The molecule has 0 amide bonds. The fraction of sp³-hybridized carbons (Fsp3) is 0.273. The van der Waals surface area contributed by atoms with Crippen molar-refractivity contribution in [1.29, 1.82) is 0 Å². The monoisotopic (exact) mass is 273 g/mol. The minimum Gasteiger partial charge on any atom is -0.406 e. The van der Waals surface area contributed by atoms with Crippen LogP contribution < -0.4 is 5.63 Å². The zero-order chi connectivity index (χ0) is 12.4. The van der Waals surface area contributed by atoms with E-state index in [0.717, 1.165) is 0 Å². The molecule has 1 heterocycles. The van der Waals surface area contributed by atoms with Gasteiger partial charge in [0.1, 0.15) is 5.38 Å². The van der Waals surface area contributed by atoms with Crippen molar-refractivity contribution in [1.82, 2.24) is 4.98 Å². The van der Waals surface area contributed by atoms with Gasteiger partial charge >= 0.3 is 5.63 Å². The molecule has 1 atom stereocenters. The summed E-state index contributed by atoms with van der Waals surface area (Å²) in [5.41, 5.74) is -0.0195. The number of rotatable bonds is 3. The lowest BCUT2D eigenvalue weighted by molar-refractivity contribution is 0.189. The molecule has 0 aliphatic carbocycles. The van der Waals surface area contributed by atoms with Crippen LogP contribution in [0.1, 0.15) is 11.3 Å². The molecule has 2 rings (SSSR count). The molecule has 0 aliphatic rings. The van der Waals surface area contributed by atoms with Crippen LogP contribution in [0, 0.1) is 0 Å². The average molecular weight is 274 g/mol. The van der Waals surface area contributed by atoms with Crippen LogP contribution >= 0.6 is 23.2 Å². The van der Waals surface area contributed by atoms with E-state index in [1.807, 2.05) is 0 Å². The van der Waals surface area contributed by atoms with Gasteiger partial charge < -0.3 is 9.15 Å². The second-order valence-electron chi connectivity index (χ2n) is 3.42. The van der Waals surface area contributed by atoms with E-state index >= 15 is 0 Å². The van der Waals surface area contributed by atoms with Gasteiger partial charge in [-0.25, -0.2) is 9.78 Å². The number of nitrogens with zero attached hydrogens (tertiary/aromatic N) is 1. The molecule has 0 N–H and O–H groups in total. The number of hydrogen-bond acceptors (Lipinski definition) is 4. The zero-order valence-electron chi connectivity index (χ0n) is 8.94. The molecule has 0 radical (unpaired) electrons. The maximum Gasteiger partial charge on any atom is 0.346 e. The van der Waals surface area contributed by atoms with Crippen LogP contribution in [0.3, 0.4) is 0 Å². The van der Waals surface area contributed by atoms with Crippen molar-refractivity contribution in [2.75, 3.05) is 13.7 Å². The van der Waals surface area contributed by atoms with Crippen molar-refractivity contribution >= 4 is 34.1 Å². The van der Waals surface area contributed by atoms with Crippen LogP contribution in [0.4, 0.5) is 0 Å². The van der Waals surface area contributed by atoms with Crippen molar-refractivity contribution in [3.8, 4) is 0 Å². The van der Waals surface area contributed by atoms with E-state index in [0.29, 0.717) is 15.9 Å². The first-order chi connectivity index (χ1) is 8.11. The van der Waals surface area contributed by atoms with Crippen LogP contribution in [0.2, 0.25) is 5.02 Å². The zero-order valence-corrected chi connectivity index (χ0v) is 10.5. The summed E-state index contributed by atoms with van der Waals surface area (Å²) in [6, 6.07) is 4.77. The quantitative estimate of drug-likeness (QED) is 0.807. The molecule has 0 fully saturated rings. The number of halogens is 2. The van der Waals surface area contributed by atoms with Crippen LogP contribution in [0.15, 0.2) is 27.4 Å². The van der Waals surface area contributed by atoms with E-state index in [1.54, 1.807) is 18.2 Å². The van der Waals surface area contributed by atoms with Gasteiger partial charge in [-0.1, -0.05) is 11.6 Å². The van der Waals surface area contributed by atoms with E-state index in [-0.39, 0.29) is 12.5 Å². The van der Waals surface area contributed by atoms with Gasteiger partial charge in [0, 0.05) is 12.1 Å². The predicted molar refractivity (Wildman–Crippen MR) is 65.8 cm³/mol. The number of ether oxygens (including phenoxy) is 1. The number of fused-ring (bicyclic) bond motifs is 1. The summed E-state index contributed by atoms with van der Waals surface area (Å²) in [7, 11) is 1.51. The molecule has 1 aromatic carbocycles. The number of methoxy groups -OCH3 is 1. The maximum absolute atomic E-state index is 11.7. The fourth-order valence-electron chi connectivity index (χ4n) is 1.41. The normalized spacial score (nSPS) is 12.9.